The minimum Gasteiger partial charge on any atom is -0.493 e. The molecule has 0 aliphatic carbocycles. The lowest BCUT2D eigenvalue weighted by atomic mass is 10.0. The SMILES string of the molecule is CCOc1ccc2ccccc2c1C(=O)Nc1sc(C)c(C)c1C(N)=O. The third kappa shape index (κ3) is 3.15. The lowest BCUT2D eigenvalue weighted by Crippen LogP contribution is -2.18. The second-order valence-electron chi connectivity index (χ2n) is 5.90. The Kier molecular flexibility index (Phi) is 4.95. The summed E-state index contributed by atoms with van der Waals surface area (Å²) < 4.78 is 5.66. The monoisotopic (exact) mass is 368 g/mol. The standard InChI is InChI=1S/C20H20N2O3S/c1-4-25-15-10-9-13-7-5-6-8-14(13)17(15)19(24)22-20-16(18(21)23)11(2)12(3)26-20/h5-10H,4H2,1-3H3,(H2,21,23)(H,22,24). The number of hydrogen-bond donors (Lipinski definition) is 2. The number of thiophene rings is 1. The zero-order valence-electron chi connectivity index (χ0n) is 14.9. The van der Waals surface area contributed by atoms with Gasteiger partial charge in [-0.1, -0.05) is 30.3 Å². The molecule has 3 rings (SSSR count). The van der Waals surface area contributed by atoms with E-state index in [0.29, 0.717) is 28.5 Å². The number of nitrogens with one attached hydrogen (secondary N) is 1. The third-order valence-corrected chi connectivity index (χ3v) is 5.40. The van der Waals surface area contributed by atoms with Crippen LogP contribution < -0.4 is 15.8 Å². The number of primary amides is 1. The lowest BCUT2D eigenvalue weighted by molar-refractivity contribution is 0.100. The number of aryl methyl sites for hydroxylation is 1. The average Bonchev–Trinajstić information content (AvgIpc) is 2.88. The second-order valence-corrected chi connectivity index (χ2v) is 7.12. The number of ether oxygens (including phenoxy) is 1. The van der Waals surface area contributed by atoms with Gasteiger partial charge < -0.3 is 15.8 Å². The zero-order valence-corrected chi connectivity index (χ0v) is 15.7. The molecule has 3 N–H and O–H groups in total. The van der Waals surface area contributed by atoms with Crippen molar-refractivity contribution in [3.8, 4) is 5.75 Å². The average molecular weight is 368 g/mol. The van der Waals surface area contributed by atoms with Gasteiger partial charge in [0.25, 0.3) is 11.8 Å². The summed E-state index contributed by atoms with van der Waals surface area (Å²) in [5, 5.41) is 5.06. The van der Waals surface area contributed by atoms with Crippen molar-refractivity contribution in [2.45, 2.75) is 20.8 Å². The van der Waals surface area contributed by atoms with Crippen LogP contribution in [-0.4, -0.2) is 18.4 Å². The van der Waals surface area contributed by atoms with Crippen molar-refractivity contribution >= 4 is 38.9 Å². The summed E-state index contributed by atoms with van der Waals surface area (Å²) in [5.41, 5.74) is 7.10. The number of anilines is 1. The molecule has 0 aliphatic rings. The van der Waals surface area contributed by atoms with Gasteiger partial charge in [0, 0.05) is 4.88 Å². The van der Waals surface area contributed by atoms with Crippen molar-refractivity contribution < 1.29 is 14.3 Å². The van der Waals surface area contributed by atoms with E-state index in [2.05, 4.69) is 5.32 Å². The van der Waals surface area contributed by atoms with Gasteiger partial charge in [-0.25, -0.2) is 0 Å². The van der Waals surface area contributed by atoms with Crippen LogP contribution in [0, 0.1) is 13.8 Å². The summed E-state index contributed by atoms with van der Waals surface area (Å²) >= 11 is 1.34. The van der Waals surface area contributed by atoms with Gasteiger partial charge >= 0.3 is 0 Å². The number of carbonyl (C=O) groups excluding carboxylic acids is 2. The Morgan fingerprint density at radius 3 is 2.54 bits per heavy atom. The van der Waals surface area contributed by atoms with E-state index < -0.39 is 5.91 Å². The highest BCUT2D eigenvalue weighted by Crippen LogP contribution is 2.34. The van der Waals surface area contributed by atoms with E-state index in [-0.39, 0.29) is 5.91 Å². The van der Waals surface area contributed by atoms with E-state index in [0.717, 1.165) is 21.2 Å². The second kappa shape index (κ2) is 7.17. The van der Waals surface area contributed by atoms with Crippen molar-refractivity contribution in [3.05, 3.63) is 58.0 Å². The molecule has 3 aromatic rings. The number of fused-ring (bicyclic) bond motifs is 1. The van der Waals surface area contributed by atoms with E-state index in [1.54, 1.807) is 6.07 Å². The molecule has 0 saturated heterocycles. The Bertz CT molecular complexity index is 1010. The highest BCUT2D eigenvalue weighted by molar-refractivity contribution is 7.16. The molecule has 0 aliphatic heterocycles. The molecular weight excluding hydrogens is 348 g/mol. The number of amides is 2. The summed E-state index contributed by atoms with van der Waals surface area (Å²) in [4.78, 5) is 25.8. The summed E-state index contributed by atoms with van der Waals surface area (Å²) in [6, 6.07) is 11.3. The number of hydrogen-bond acceptors (Lipinski definition) is 4. The normalized spacial score (nSPS) is 10.7. The van der Waals surface area contributed by atoms with Crippen LogP contribution in [0.25, 0.3) is 10.8 Å². The first-order chi connectivity index (χ1) is 12.4. The number of benzene rings is 2. The first kappa shape index (κ1) is 17.9. The van der Waals surface area contributed by atoms with Gasteiger partial charge in [-0.3, -0.25) is 9.59 Å². The maximum atomic E-state index is 13.1. The van der Waals surface area contributed by atoms with Crippen LogP contribution in [0.5, 0.6) is 5.75 Å². The minimum atomic E-state index is -0.551. The maximum Gasteiger partial charge on any atom is 0.260 e. The quantitative estimate of drug-likeness (QED) is 0.706. The van der Waals surface area contributed by atoms with Crippen molar-refractivity contribution in [1.82, 2.24) is 0 Å². The van der Waals surface area contributed by atoms with Crippen LogP contribution in [0.15, 0.2) is 36.4 Å². The molecule has 2 amide bonds. The van der Waals surface area contributed by atoms with Gasteiger partial charge in [-0.15, -0.1) is 11.3 Å². The molecule has 134 valence electrons. The Balaban J connectivity index is 2.10. The van der Waals surface area contributed by atoms with E-state index in [9.17, 15) is 9.59 Å². The molecular formula is C20H20N2O3S. The first-order valence-electron chi connectivity index (χ1n) is 8.29. The first-order valence-corrected chi connectivity index (χ1v) is 9.11. The molecule has 0 radical (unpaired) electrons. The molecule has 0 fully saturated rings. The maximum absolute atomic E-state index is 13.1. The van der Waals surface area contributed by atoms with Gasteiger partial charge in [0.1, 0.15) is 10.8 Å². The van der Waals surface area contributed by atoms with E-state index >= 15 is 0 Å². The number of carbonyl (C=O) groups is 2. The summed E-state index contributed by atoms with van der Waals surface area (Å²) in [6.07, 6.45) is 0. The summed E-state index contributed by atoms with van der Waals surface area (Å²) in [5.74, 6) is -0.367. The minimum absolute atomic E-state index is 0.325. The Labute approximate surface area is 155 Å². The van der Waals surface area contributed by atoms with Gasteiger partial charge in [0.2, 0.25) is 0 Å². The van der Waals surface area contributed by atoms with Crippen molar-refractivity contribution in [3.63, 3.8) is 0 Å². The largest absolute Gasteiger partial charge is 0.493 e. The van der Waals surface area contributed by atoms with Crippen molar-refractivity contribution in [2.75, 3.05) is 11.9 Å². The van der Waals surface area contributed by atoms with Crippen LogP contribution in [-0.2, 0) is 0 Å². The Morgan fingerprint density at radius 2 is 1.85 bits per heavy atom. The lowest BCUT2D eigenvalue weighted by Gasteiger charge is -2.13. The Hall–Kier alpha value is -2.86. The molecule has 2 aromatic carbocycles. The fourth-order valence-electron chi connectivity index (χ4n) is 2.94. The predicted octanol–water partition coefficient (Wildman–Crippen LogP) is 4.27. The molecule has 1 heterocycles. The molecule has 6 heteroatoms. The van der Waals surface area contributed by atoms with Crippen molar-refractivity contribution in [2.24, 2.45) is 5.73 Å². The molecule has 5 nitrogen and oxygen atoms in total. The van der Waals surface area contributed by atoms with Gasteiger partial charge in [-0.05, 0) is 43.2 Å². The number of rotatable bonds is 5. The van der Waals surface area contributed by atoms with Crippen LogP contribution >= 0.6 is 11.3 Å². The molecule has 0 atom stereocenters. The van der Waals surface area contributed by atoms with Gasteiger partial charge in [-0.2, -0.15) is 0 Å². The highest BCUT2D eigenvalue weighted by Gasteiger charge is 2.22. The van der Waals surface area contributed by atoms with E-state index in [1.165, 1.54) is 11.3 Å². The van der Waals surface area contributed by atoms with Gasteiger partial charge in [0.15, 0.2) is 0 Å². The Morgan fingerprint density at radius 1 is 1.12 bits per heavy atom. The van der Waals surface area contributed by atoms with Crippen LogP contribution in [0.4, 0.5) is 5.00 Å². The summed E-state index contributed by atoms with van der Waals surface area (Å²) in [6.45, 7) is 6.03. The van der Waals surface area contributed by atoms with Crippen LogP contribution in [0.2, 0.25) is 0 Å². The van der Waals surface area contributed by atoms with Crippen molar-refractivity contribution in [1.29, 1.82) is 0 Å². The molecule has 0 saturated carbocycles. The highest BCUT2D eigenvalue weighted by atomic mass is 32.1. The zero-order chi connectivity index (χ0) is 18.8. The topological polar surface area (TPSA) is 81.4 Å². The van der Waals surface area contributed by atoms with E-state index in [1.807, 2.05) is 51.1 Å². The molecule has 0 spiro atoms. The molecule has 0 bridgehead atoms. The van der Waals surface area contributed by atoms with Crippen LogP contribution in [0.3, 0.4) is 0 Å². The molecule has 1 aromatic heterocycles. The smallest absolute Gasteiger partial charge is 0.260 e. The fraction of sp³-hybridized carbons (Fsp3) is 0.200. The third-order valence-electron chi connectivity index (χ3n) is 4.28. The fourth-order valence-corrected chi connectivity index (χ4v) is 4.00. The summed E-state index contributed by atoms with van der Waals surface area (Å²) in [7, 11) is 0. The van der Waals surface area contributed by atoms with Crippen LogP contribution in [0.1, 0.15) is 38.1 Å². The molecule has 0 unspecified atom stereocenters. The predicted molar refractivity (Wildman–Crippen MR) is 105 cm³/mol. The number of nitrogens with two attached hydrogens (primary N) is 1. The molecule has 26 heavy (non-hydrogen) atoms. The van der Waals surface area contributed by atoms with Gasteiger partial charge in [0.05, 0.1) is 17.7 Å². The van der Waals surface area contributed by atoms with E-state index in [4.69, 9.17) is 10.5 Å².